The van der Waals surface area contributed by atoms with Crippen molar-refractivity contribution in [3.63, 3.8) is 0 Å². The van der Waals surface area contributed by atoms with E-state index in [1.165, 1.54) is 12.0 Å². The molecule has 0 aromatic heterocycles. The predicted molar refractivity (Wildman–Crippen MR) is 110 cm³/mol. The summed E-state index contributed by atoms with van der Waals surface area (Å²) in [5, 5.41) is 8.86. The Hall–Kier alpha value is -1.74. The Morgan fingerprint density at radius 3 is 2.25 bits per heavy atom. The number of rotatable bonds is 7. The molecule has 2 bridgehead atoms. The largest absolute Gasteiger partial charge is 0.370 e. The van der Waals surface area contributed by atoms with Gasteiger partial charge in [0, 0.05) is 31.6 Å². The second-order valence-corrected chi connectivity index (χ2v) is 9.27. The van der Waals surface area contributed by atoms with E-state index in [0.717, 1.165) is 51.1 Å². The lowest BCUT2D eigenvalue weighted by atomic mass is 9.90. The molecule has 2 unspecified atom stereocenters. The Kier molecular flexibility index (Phi) is 6.87. The molecule has 0 radical (unpaired) electrons. The number of ketones is 1. The molecule has 0 aliphatic carbocycles. The second kappa shape index (κ2) is 9.17. The van der Waals surface area contributed by atoms with Crippen molar-refractivity contribution in [2.75, 3.05) is 39.3 Å². The molecule has 2 heterocycles. The van der Waals surface area contributed by atoms with Gasteiger partial charge in [0.1, 0.15) is 0 Å². The van der Waals surface area contributed by atoms with Crippen LogP contribution in [0.2, 0.25) is 0 Å². The van der Waals surface area contributed by atoms with Crippen molar-refractivity contribution in [3.05, 3.63) is 35.4 Å². The summed E-state index contributed by atoms with van der Waals surface area (Å²) in [6.07, 6.45) is 3.83. The average molecular weight is 384 g/mol. The maximum Gasteiger partial charge on any atom is 0.152 e. The number of aryl methyl sites for hydroxylation is 1. The van der Waals surface area contributed by atoms with Gasteiger partial charge in [-0.05, 0) is 43.5 Å². The Balaban J connectivity index is 1.38. The summed E-state index contributed by atoms with van der Waals surface area (Å²) in [6.45, 7) is 11.3. The van der Waals surface area contributed by atoms with Crippen molar-refractivity contribution >= 4 is 5.78 Å². The van der Waals surface area contributed by atoms with Gasteiger partial charge in [0.15, 0.2) is 5.78 Å². The van der Waals surface area contributed by atoms with E-state index in [1.54, 1.807) is 0 Å². The first kappa shape index (κ1) is 21.0. The van der Waals surface area contributed by atoms with E-state index in [9.17, 15) is 4.79 Å². The van der Waals surface area contributed by atoms with Gasteiger partial charge in [-0.1, -0.05) is 32.9 Å². The Morgan fingerprint density at radius 1 is 1.07 bits per heavy atom. The summed E-state index contributed by atoms with van der Waals surface area (Å²) in [5.41, 5.74) is 1.76. The monoisotopic (exact) mass is 383 g/mol. The van der Waals surface area contributed by atoms with Crippen LogP contribution in [0.5, 0.6) is 0 Å². The van der Waals surface area contributed by atoms with Crippen molar-refractivity contribution in [1.29, 1.82) is 5.26 Å². The first-order valence-electron chi connectivity index (χ1n) is 10.5. The summed E-state index contributed by atoms with van der Waals surface area (Å²) < 4.78 is 6.13. The van der Waals surface area contributed by atoms with Gasteiger partial charge in [-0.15, -0.1) is 0 Å². The van der Waals surface area contributed by atoms with Crippen molar-refractivity contribution in [1.82, 2.24) is 9.80 Å². The van der Waals surface area contributed by atoms with Crippen LogP contribution in [-0.4, -0.2) is 67.1 Å². The Morgan fingerprint density at radius 2 is 1.68 bits per heavy atom. The highest BCUT2D eigenvalue weighted by atomic mass is 16.5. The molecule has 0 N–H and O–H groups in total. The fourth-order valence-corrected chi connectivity index (χ4v) is 4.02. The standard InChI is InChI=1S/C23H33N3O2/c1-23(2,3)22(27)17-26-15-20-13-25(14-21(16-26)28-20)11-5-4-6-18-7-9-19(12-24)10-8-18/h7-10,20-21H,4-6,11,13-17H2,1-3H3. The third-order valence-corrected chi connectivity index (χ3v) is 5.71. The van der Waals surface area contributed by atoms with Gasteiger partial charge in [-0.2, -0.15) is 5.26 Å². The van der Waals surface area contributed by atoms with Crippen LogP contribution in [0.15, 0.2) is 24.3 Å². The molecule has 0 amide bonds. The van der Waals surface area contributed by atoms with Crippen molar-refractivity contribution < 1.29 is 9.53 Å². The number of hydrogen-bond acceptors (Lipinski definition) is 5. The molecular formula is C23H33N3O2. The number of nitriles is 1. The number of benzene rings is 1. The molecule has 1 aromatic carbocycles. The van der Waals surface area contributed by atoms with E-state index in [1.807, 2.05) is 32.9 Å². The van der Waals surface area contributed by atoms with Crippen molar-refractivity contribution in [3.8, 4) is 6.07 Å². The lowest BCUT2D eigenvalue weighted by Crippen LogP contribution is -2.60. The van der Waals surface area contributed by atoms with Gasteiger partial charge in [-0.25, -0.2) is 0 Å². The second-order valence-electron chi connectivity index (χ2n) is 9.27. The van der Waals surface area contributed by atoms with E-state index < -0.39 is 0 Å². The van der Waals surface area contributed by atoms with Crippen LogP contribution in [0.3, 0.4) is 0 Å². The summed E-state index contributed by atoms with van der Waals surface area (Å²) >= 11 is 0. The van der Waals surface area contributed by atoms with Crippen LogP contribution in [0.1, 0.15) is 44.7 Å². The number of carbonyl (C=O) groups excluding carboxylic acids is 1. The summed E-state index contributed by atoms with van der Waals surface area (Å²) in [5.74, 6) is 0.312. The van der Waals surface area contributed by atoms with Crippen molar-refractivity contribution in [2.45, 2.75) is 52.2 Å². The Labute approximate surface area is 169 Å². The van der Waals surface area contributed by atoms with Crippen LogP contribution in [0.25, 0.3) is 0 Å². The minimum atomic E-state index is -0.269. The molecule has 28 heavy (non-hydrogen) atoms. The van der Waals surface area contributed by atoms with Crippen LogP contribution in [-0.2, 0) is 16.0 Å². The molecule has 2 aliphatic rings. The van der Waals surface area contributed by atoms with Crippen molar-refractivity contribution in [2.24, 2.45) is 5.41 Å². The zero-order valence-electron chi connectivity index (χ0n) is 17.5. The average Bonchev–Trinajstić information content (AvgIpc) is 2.64. The molecular weight excluding hydrogens is 350 g/mol. The normalized spacial score (nSPS) is 23.4. The van der Waals surface area contributed by atoms with E-state index in [2.05, 4.69) is 28.0 Å². The SMILES string of the molecule is CC(C)(C)C(=O)CN1CC2CN(CCCCc3ccc(C#N)cc3)CC(C1)O2. The number of Topliss-reactive ketones (excluding diaryl/α,β-unsaturated/α-hetero) is 1. The highest BCUT2D eigenvalue weighted by Crippen LogP contribution is 2.22. The third kappa shape index (κ3) is 5.88. The smallest absolute Gasteiger partial charge is 0.152 e. The number of nitrogens with zero attached hydrogens (tertiary/aromatic N) is 3. The summed E-state index contributed by atoms with van der Waals surface area (Å²) in [6, 6.07) is 10.1. The number of carbonyl (C=O) groups is 1. The van der Waals surface area contributed by atoms with E-state index in [0.29, 0.717) is 12.3 Å². The lowest BCUT2D eigenvalue weighted by Gasteiger charge is -2.46. The van der Waals surface area contributed by atoms with Gasteiger partial charge >= 0.3 is 0 Å². The highest BCUT2D eigenvalue weighted by molar-refractivity contribution is 5.85. The van der Waals surface area contributed by atoms with Gasteiger partial charge in [0.05, 0.1) is 30.4 Å². The van der Waals surface area contributed by atoms with Crippen LogP contribution in [0.4, 0.5) is 0 Å². The first-order chi connectivity index (χ1) is 13.3. The fourth-order valence-electron chi connectivity index (χ4n) is 4.02. The van der Waals surface area contributed by atoms with Crippen LogP contribution >= 0.6 is 0 Å². The number of hydrogen-bond donors (Lipinski definition) is 0. The zero-order valence-corrected chi connectivity index (χ0v) is 17.5. The minimum Gasteiger partial charge on any atom is -0.370 e. The van der Waals surface area contributed by atoms with E-state index in [4.69, 9.17) is 10.00 Å². The topological polar surface area (TPSA) is 56.6 Å². The molecule has 2 saturated heterocycles. The van der Waals surface area contributed by atoms with E-state index in [-0.39, 0.29) is 17.6 Å². The van der Waals surface area contributed by atoms with Gasteiger partial charge in [0.2, 0.25) is 0 Å². The third-order valence-electron chi connectivity index (χ3n) is 5.71. The number of morpholine rings is 2. The number of ether oxygens (including phenoxy) is 1. The molecule has 152 valence electrons. The number of unbranched alkanes of at least 4 members (excludes halogenated alkanes) is 1. The quantitative estimate of drug-likeness (QED) is 0.678. The maximum absolute atomic E-state index is 12.3. The first-order valence-corrected chi connectivity index (χ1v) is 10.5. The zero-order chi connectivity index (χ0) is 20.1. The van der Waals surface area contributed by atoms with Gasteiger partial charge in [-0.3, -0.25) is 14.6 Å². The lowest BCUT2D eigenvalue weighted by molar-refractivity contribution is -0.147. The maximum atomic E-state index is 12.3. The Bertz CT molecular complexity index is 688. The van der Waals surface area contributed by atoms with E-state index >= 15 is 0 Å². The molecule has 2 aliphatic heterocycles. The molecule has 5 heteroatoms. The molecule has 0 saturated carbocycles. The molecule has 5 nitrogen and oxygen atoms in total. The van der Waals surface area contributed by atoms with Gasteiger partial charge in [0.25, 0.3) is 0 Å². The molecule has 3 rings (SSSR count). The molecule has 1 aromatic rings. The predicted octanol–water partition coefficient (Wildman–Crippen LogP) is 2.88. The summed E-state index contributed by atoms with van der Waals surface area (Å²) in [4.78, 5) is 17.1. The molecule has 2 fully saturated rings. The number of fused-ring (bicyclic) bond motifs is 2. The van der Waals surface area contributed by atoms with Crippen LogP contribution < -0.4 is 0 Å². The highest BCUT2D eigenvalue weighted by Gasteiger charge is 2.36. The molecule has 2 atom stereocenters. The summed E-state index contributed by atoms with van der Waals surface area (Å²) in [7, 11) is 0. The van der Waals surface area contributed by atoms with Crippen LogP contribution in [0, 0.1) is 16.7 Å². The van der Waals surface area contributed by atoms with Gasteiger partial charge < -0.3 is 4.74 Å². The molecule has 0 spiro atoms. The minimum absolute atomic E-state index is 0.221. The fraction of sp³-hybridized carbons (Fsp3) is 0.652.